The van der Waals surface area contributed by atoms with Crippen molar-refractivity contribution in [2.75, 3.05) is 11.9 Å². The third kappa shape index (κ3) is 3.86. The number of amides is 1. The summed E-state index contributed by atoms with van der Waals surface area (Å²) in [6, 6.07) is 2.20. The van der Waals surface area contributed by atoms with Crippen LogP contribution < -0.4 is 5.32 Å². The number of ether oxygens (including phenoxy) is 1. The summed E-state index contributed by atoms with van der Waals surface area (Å²) in [6.45, 7) is 3.76. The van der Waals surface area contributed by atoms with E-state index in [1.165, 1.54) is 16.2 Å². The van der Waals surface area contributed by atoms with Crippen molar-refractivity contribution in [1.29, 1.82) is 5.26 Å². The van der Waals surface area contributed by atoms with Gasteiger partial charge in [-0.1, -0.05) is 13.8 Å². The fourth-order valence-electron chi connectivity index (χ4n) is 2.54. The molecule has 0 saturated carbocycles. The number of nitrogens with one attached hydrogen (secondary N) is 1. The van der Waals surface area contributed by atoms with E-state index in [0.29, 0.717) is 29.3 Å². The number of anilines is 1. The van der Waals surface area contributed by atoms with Gasteiger partial charge in [-0.25, -0.2) is 0 Å². The highest BCUT2D eigenvalue weighted by Gasteiger charge is 2.24. The minimum atomic E-state index is -0.396. The van der Waals surface area contributed by atoms with E-state index in [-0.39, 0.29) is 12.6 Å². The molecule has 1 atom stereocenters. The van der Waals surface area contributed by atoms with Gasteiger partial charge in [-0.05, 0) is 37.2 Å². The summed E-state index contributed by atoms with van der Waals surface area (Å²) < 4.78 is 4.88. The maximum absolute atomic E-state index is 11.9. The third-order valence-electron chi connectivity index (χ3n) is 3.69. The van der Waals surface area contributed by atoms with Crippen LogP contribution >= 0.6 is 11.3 Å². The van der Waals surface area contributed by atoms with E-state index in [4.69, 9.17) is 4.74 Å². The van der Waals surface area contributed by atoms with Crippen LogP contribution in [0.4, 0.5) is 5.00 Å². The topological polar surface area (TPSA) is 79.2 Å². The quantitative estimate of drug-likeness (QED) is 0.846. The molecule has 0 aromatic carbocycles. The Morgan fingerprint density at radius 3 is 2.95 bits per heavy atom. The Labute approximate surface area is 134 Å². The molecule has 5 nitrogen and oxygen atoms in total. The van der Waals surface area contributed by atoms with E-state index < -0.39 is 5.91 Å². The summed E-state index contributed by atoms with van der Waals surface area (Å²) in [7, 11) is 0. The van der Waals surface area contributed by atoms with Crippen molar-refractivity contribution in [1.82, 2.24) is 0 Å². The Morgan fingerprint density at radius 2 is 2.27 bits per heavy atom. The highest BCUT2D eigenvalue weighted by atomic mass is 32.1. The summed E-state index contributed by atoms with van der Waals surface area (Å²) in [5, 5.41) is 12.6. The molecular formula is C16H20N2O3S. The van der Waals surface area contributed by atoms with Gasteiger partial charge in [-0.3, -0.25) is 9.59 Å². The molecule has 1 aliphatic carbocycles. The van der Waals surface area contributed by atoms with Crippen molar-refractivity contribution in [3.05, 3.63) is 16.0 Å². The van der Waals surface area contributed by atoms with Gasteiger partial charge in [0, 0.05) is 11.3 Å². The lowest BCUT2D eigenvalue weighted by molar-refractivity contribution is -0.147. The molecule has 1 aliphatic rings. The fourth-order valence-corrected chi connectivity index (χ4v) is 3.92. The van der Waals surface area contributed by atoms with Crippen molar-refractivity contribution in [2.45, 2.75) is 46.0 Å². The lowest BCUT2D eigenvalue weighted by Crippen LogP contribution is -2.20. The first-order valence-electron chi connectivity index (χ1n) is 7.55. The average molecular weight is 320 g/mol. The van der Waals surface area contributed by atoms with Gasteiger partial charge in [0.15, 0.2) is 6.61 Å². The normalized spacial score (nSPS) is 16.5. The van der Waals surface area contributed by atoms with Gasteiger partial charge in [0.1, 0.15) is 11.1 Å². The zero-order chi connectivity index (χ0) is 16.1. The monoisotopic (exact) mass is 320 g/mol. The fraction of sp³-hybridized carbons (Fsp3) is 0.562. The predicted octanol–water partition coefficient (Wildman–Crippen LogP) is 3.03. The van der Waals surface area contributed by atoms with Crippen LogP contribution in [0.2, 0.25) is 0 Å². The first kappa shape index (κ1) is 16.5. The molecular weight excluding hydrogens is 300 g/mol. The number of carbonyl (C=O) groups is 2. The smallest absolute Gasteiger partial charge is 0.306 e. The molecule has 0 aliphatic heterocycles. The number of thiophene rings is 1. The van der Waals surface area contributed by atoms with Crippen LogP contribution in [-0.2, 0) is 27.2 Å². The minimum Gasteiger partial charge on any atom is -0.456 e. The molecule has 0 fully saturated rings. The summed E-state index contributed by atoms with van der Waals surface area (Å²) in [4.78, 5) is 24.3. The van der Waals surface area contributed by atoms with Crippen LogP contribution in [0, 0.1) is 17.2 Å². The summed E-state index contributed by atoms with van der Waals surface area (Å²) >= 11 is 1.47. The summed E-state index contributed by atoms with van der Waals surface area (Å²) in [5.41, 5.74) is 1.64. The molecule has 1 N–H and O–H groups in total. The second kappa shape index (κ2) is 7.41. The summed E-state index contributed by atoms with van der Waals surface area (Å²) in [6.07, 6.45) is 3.91. The van der Waals surface area contributed by atoms with Gasteiger partial charge >= 0.3 is 5.97 Å². The van der Waals surface area contributed by atoms with Crippen molar-refractivity contribution >= 4 is 28.2 Å². The van der Waals surface area contributed by atoms with Crippen molar-refractivity contribution < 1.29 is 14.3 Å². The molecule has 1 unspecified atom stereocenters. The minimum absolute atomic E-state index is 0.303. The van der Waals surface area contributed by atoms with E-state index in [2.05, 4.69) is 18.3 Å². The standard InChI is InChI=1S/C16H20N2O3S/c1-3-4-15(20)21-9-14(19)18-16-12(8-17)11-6-5-10(2)7-13(11)22-16/h10H,3-7,9H2,1-2H3,(H,18,19). The van der Waals surface area contributed by atoms with E-state index in [0.717, 1.165) is 24.8 Å². The highest BCUT2D eigenvalue weighted by Crippen LogP contribution is 2.39. The van der Waals surface area contributed by atoms with Crippen molar-refractivity contribution in [3.8, 4) is 6.07 Å². The Hall–Kier alpha value is -1.87. The second-order valence-electron chi connectivity index (χ2n) is 5.63. The van der Waals surface area contributed by atoms with Gasteiger partial charge in [-0.2, -0.15) is 5.26 Å². The Morgan fingerprint density at radius 1 is 1.50 bits per heavy atom. The van der Waals surface area contributed by atoms with Crippen molar-refractivity contribution in [2.24, 2.45) is 5.92 Å². The van der Waals surface area contributed by atoms with Gasteiger partial charge in [0.05, 0.1) is 5.56 Å². The number of rotatable bonds is 5. The van der Waals surface area contributed by atoms with Gasteiger partial charge < -0.3 is 10.1 Å². The first-order chi connectivity index (χ1) is 10.5. The maximum atomic E-state index is 11.9. The number of fused-ring (bicyclic) bond motifs is 1. The maximum Gasteiger partial charge on any atom is 0.306 e. The number of nitriles is 1. The van der Waals surface area contributed by atoms with Crippen LogP contribution in [0.25, 0.3) is 0 Å². The Balaban J connectivity index is 2.02. The molecule has 0 radical (unpaired) electrons. The van der Waals surface area contributed by atoms with Crippen molar-refractivity contribution in [3.63, 3.8) is 0 Å². The van der Waals surface area contributed by atoms with Gasteiger partial charge in [0.2, 0.25) is 0 Å². The number of hydrogen-bond acceptors (Lipinski definition) is 5. The van der Waals surface area contributed by atoms with Gasteiger partial charge in [0.25, 0.3) is 5.91 Å². The molecule has 1 heterocycles. The Kier molecular flexibility index (Phi) is 5.56. The largest absolute Gasteiger partial charge is 0.456 e. The molecule has 0 spiro atoms. The Bertz CT molecular complexity index is 616. The molecule has 22 heavy (non-hydrogen) atoms. The second-order valence-corrected chi connectivity index (χ2v) is 6.73. The van der Waals surface area contributed by atoms with Crippen LogP contribution in [-0.4, -0.2) is 18.5 Å². The zero-order valence-electron chi connectivity index (χ0n) is 12.9. The van der Waals surface area contributed by atoms with Gasteiger partial charge in [-0.15, -0.1) is 11.3 Å². The molecule has 1 aromatic heterocycles. The van der Waals surface area contributed by atoms with Crippen LogP contribution in [0.3, 0.4) is 0 Å². The molecule has 2 rings (SSSR count). The summed E-state index contributed by atoms with van der Waals surface area (Å²) in [5.74, 6) is -0.165. The lowest BCUT2D eigenvalue weighted by Gasteiger charge is -2.17. The molecule has 1 amide bonds. The van der Waals surface area contributed by atoms with E-state index in [1.807, 2.05) is 6.92 Å². The highest BCUT2D eigenvalue weighted by molar-refractivity contribution is 7.16. The lowest BCUT2D eigenvalue weighted by atomic mass is 9.89. The van der Waals surface area contributed by atoms with Crippen LogP contribution in [0.15, 0.2) is 0 Å². The molecule has 0 saturated heterocycles. The number of carbonyl (C=O) groups excluding carboxylic acids is 2. The molecule has 1 aromatic rings. The number of esters is 1. The van der Waals surface area contributed by atoms with E-state index >= 15 is 0 Å². The third-order valence-corrected chi connectivity index (χ3v) is 4.86. The molecule has 118 valence electrons. The zero-order valence-corrected chi connectivity index (χ0v) is 13.7. The van der Waals surface area contributed by atoms with Crippen LogP contribution in [0.1, 0.15) is 49.1 Å². The predicted molar refractivity (Wildman–Crippen MR) is 84.7 cm³/mol. The van der Waals surface area contributed by atoms with E-state index in [9.17, 15) is 14.9 Å². The SMILES string of the molecule is CCCC(=O)OCC(=O)Nc1sc2c(c1C#N)CCC(C)C2. The van der Waals surface area contributed by atoms with Crippen LogP contribution in [0.5, 0.6) is 0 Å². The average Bonchev–Trinajstić information content (AvgIpc) is 2.81. The molecule has 6 heteroatoms. The molecule has 0 bridgehead atoms. The van der Waals surface area contributed by atoms with E-state index in [1.54, 1.807) is 0 Å². The number of hydrogen-bond donors (Lipinski definition) is 1. The number of nitrogens with zero attached hydrogens (tertiary/aromatic N) is 1. The first-order valence-corrected chi connectivity index (χ1v) is 8.36.